The molecule has 1 fully saturated rings. The van der Waals surface area contributed by atoms with Crippen molar-refractivity contribution in [1.29, 1.82) is 0 Å². The van der Waals surface area contributed by atoms with Crippen molar-refractivity contribution in [2.24, 2.45) is 0 Å². The average Bonchev–Trinajstić information content (AvgIpc) is 3.34. The maximum absolute atomic E-state index is 14.2. The number of halogens is 2. The van der Waals surface area contributed by atoms with Crippen LogP contribution in [0.2, 0.25) is 0 Å². The Morgan fingerprint density at radius 3 is 2.44 bits per heavy atom. The van der Waals surface area contributed by atoms with Gasteiger partial charge in [-0.05, 0) is 58.1 Å². The summed E-state index contributed by atoms with van der Waals surface area (Å²) in [4.78, 5) is 22.2. The molecule has 0 radical (unpaired) electrons. The molecule has 2 aromatic heterocycles. The van der Waals surface area contributed by atoms with Crippen molar-refractivity contribution in [3.05, 3.63) is 59.9 Å². The third-order valence-corrected chi connectivity index (χ3v) is 6.74. The van der Waals surface area contributed by atoms with E-state index in [1.54, 1.807) is 24.3 Å². The lowest BCUT2D eigenvalue weighted by Gasteiger charge is -2.30. The van der Waals surface area contributed by atoms with Crippen molar-refractivity contribution in [2.45, 2.75) is 32.2 Å². The van der Waals surface area contributed by atoms with Crippen LogP contribution < -0.4 is 15.0 Å². The van der Waals surface area contributed by atoms with Crippen LogP contribution in [0, 0.1) is 0 Å². The minimum absolute atomic E-state index is 0.0798. The van der Waals surface area contributed by atoms with Crippen molar-refractivity contribution in [2.75, 3.05) is 63.8 Å². The number of anilines is 2. The Hall–Kier alpha value is -3.90. The van der Waals surface area contributed by atoms with Gasteiger partial charge in [-0.1, -0.05) is 30.3 Å². The molecule has 218 valence electrons. The van der Waals surface area contributed by atoms with E-state index in [4.69, 9.17) is 14.5 Å². The smallest absolute Gasteiger partial charge is 0.296 e. The van der Waals surface area contributed by atoms with Gasteiger partial charge in [0.2, 0.25) is 17.8 Å². The van der Waals surface area contributed by atoms with Gasteiger partial charge in [-0.25, -0.2) is 13.8 Å². The zero-order valence-corrected chi connectivity index (χ0v) is 23.8. The zero-order chi connectivity index (χ0) is 29.0. The molecule has 1 aliphatic rings. The lowest BCUT2D eigenvalue weighted by molar-refractivity contribution is 0.122. The number of hydrogen-bond acceptors (Lipinski definition) is 9. The summed E-state index contributed by atoms with van der Waals surface area (Å²) in [6.45, 7) is 7.66. The summed E-state index contributed by atoms with van der Waals surface area (Å²) in [6, 6.07) is 14.9. The van der Waals surface area contributed by atoms with Crippen molar-refractivity contribution < 1.29 is 18.3 Å². The van der Waals surface area contributed by atoms with Gasteiger partial charge in [0, 0.05) is 25.2 Å². The van der Waals surface area contributed by atoms with Gasteiger partial charge in [0.15, 0.2) is 5.82 Å². The summed E-state index contributed by atoms with van der Waals surface area (Å²) in [5, 5.41) is 3.44. The molecule has 0 saturated carbocycles. The molecular weight excluding hydrogens is 530 g/mol. The zero-order valence-electron chi connectivity index (χ0n) is 23.8. The van der Waals surface area contributed by atoms with Gasteiger partial charge in [0.25, 0.3) is 6.43 Å². The minimum atomic E-state index is -2.82. The molecule has 10 nitrogen and oxygen atoms in total. The van der Waals surface area contributed by atoms with Gasteiger partial charge in [-0.2, -0.15) is 15.0 Å². The quantitative estimate of drug-likeness (QED) is 0.284. The molecule has 1 saturated heterocycles. The van der Waals surface area contributed by atoms with Crippen molar-refractivity contribution in [3.8, 4) is 11.7 Å². The number of nitrogens with one attached hydrogen (secondary N) is 1. The lowest BCUT2D eigenvalue weighted by atomic mass is 9.94. The van der Waals surface area contributed by atoms with E-state index in [1.807, 2.05) is 57.1 Å². The van der Waals surface area contributed by atoms with E-state index in [9.17, 15) is 8.78 Å². The first kappa shape index (κ1) is 28.6. The highest BCUT2D eigenvalue weighted by atomic mass is 19.3. The number of likely N-dealkylation sites (N-methyl/N-ethyl adjacent to an activating group) is 1. The number of ether oxygens (including phenoxy) is 2. The van der Waals surface area contributed by atoms with Crippen LogP contribution in [0.25, 0.3) is 17.0 Å². The van der Waals surface area contributed by atoms with E-state index in [-0.39, 0.29) is 11.9 Å². The van der Waals surface area contributed by atoms with Gasteiger partial charge in [-0.15, -0.1) is 0 Å². The van der Waals surface area contributed by atoms with Gasteiger partial charge in [-0.3, -0.25) is 4.57 Å². The summed E-state index contributed by atoms with van der Waals surface area (Å²) in [5.41, 5.74) is 1.45. The van der Waals surface area contributed by atoms with Crippen molar-refractivity contribution in [1.82, 2.24) is 29.4 Å². The van der Waals surface area contributed by atoms with E-state index in [2.05, 4.69) is 25.2 Å². The number of para-hydroxylation sites is 3. The number of aromatic nitrogens is 5. The summed E-state index contributed by atoms with van der Waals surface area (Å²) in [7, 11) is 4.01. The average molecular weight is 567 g/mol. The first-order chi connectivity index (χ1) is 19.7. The molecule has 0 spiro atoms. The summed E-state index contributed by atoms with van der Waals surface area (Å²) >= 11 is 0. The molecule has 1 N–H and O–H groups in total. The van der Waals surface area contributed by atoms with E-state index in [0.717, 1.165) is 17.9 Å². The highest BCUT2D eigenvalue weighted by Crippen LogP contribution is 2.29. The predicted molar refractivity (Wildman–Crippen MR) is 154 cm³/mol. The summed E-state index contributed by atoms with van der Waals surface area (Å²) in [5.74, 6) is 1.16. The third kappa shape index (κ3) is 6.88. The highest BCUT2D eigenvalue weighted by Gasteiger charge is 2.27. The van der Waals surface area contributed by atoms with E-state index in [0.29, 0.717) is 56.3 Å². The van der Waals surface area contributed by atoms with Crippen LogP contribution in [0.15, 0.2) is 48.5 Å². The standard InChI is InChI=1S/C29H36F2N8O2/c1-29(2,19-20-9-5-8-12-23(20)41-18-13-37(3)4)36-26-33-27(38-14-16-40-17-15-38)35-28(34-26)39-22-11-7-6-10-21(22)32-25(39)24(30)31/h5-12,24H,13-19H2,1-4H3,(H,33,34,35,36). The Balaban J connectivity index is 1.50. The molecule has 0 atom stereocenters. The van der Waals surface area contributed by atoms with Gasteiger partial charge in [0.1, 0.15) is 12.4 Å². The number of rotatable bonds is 11. The Morgan fingerprint density at radius 2 is 1.68 bits per heavy atom. The second kappa shape index (κ2) is 12.3. The molecule has 12 heteroatoms. The fraction of sp³-hybridized carbons (Fsp3) is 0.448. The molecule has 41 heavy (non-hydrogen) atoms. The molecular formula is C29H36F2N8O2. The van der Waals surface area contributed by atoms with Crippen LogP contribution >= 0.6 is 0 Å². The molecule has 0 amide bonds. The summed E-state index contributed by atoms with van der Waals surface area (Å²) in [6.07, 6.45) is -2.21. The molecule has 0 aliphatic carbocycles. The van der Waals surface area contributed by atoms with Crippen LogP contribution in [0.4, 0.5) is 20.7 Å². The van der Waals surface area contributed by atoms with Crippen molar-refractivity contribution in [3.63, 3.8) is 0 Å². The second-order valence-corrected chi connectivity index (χ2v) is 10.9. The predicted octanol–water partition coefficient (Wildman–Crippen LogP) is 4.36. The fourth-order valence-electron chi connectivity index (χ4n) is 4.77. The van der Waals surface area contributed by atoms with Crippen molar-refractivity contribution >= 4 is 22.9 Å². The monoisotopic (exact) mass is 566 g/mol. The normalized spacial score (nSPS) is 14.3. The Morgan fingerprint density at radius 1 is 0.976 bits per heavy atom. The SMILES string of the molecule is CN(C)CCOc1ccccc1CC(C)(C)Nc1nc(N2CCOCC2)nc(-n2c(C(F)F)nc3ccccc32)n1. The Labute approximate surface area is 238 Å². The van der Waals surface area contributed by atoms with Gasteiger partial charge >= 0.3 is 0 Å². The molecule has 2 aromatic carbocycles. The number of nitrogens with zero attached hydrogens (tertiary/aromatic N) is 7. The third-order valence-electron chi connectivity index (χ3n) is 6.74. The number of fused-ring (bicyclic) bond motifs is 1. The minimum Gasteiger partial charge on any atom is -0.492 e. The number of imidazole rings is 1. The van der Waals surface area contributed by atoms with Crippen LogP contribution in [0.5, 0.6) is 5.75 Å². The first-order valence-corrected chi connectivity index (χ1v) is 13.7. The molecule has 1 aliphatic heterocycles. The molecule has 0 unspecified atom stereocenters. The molecule has 3 heterocycles. The van der Waals surface area contributed by atoms with Crippen LogP contribution in [-0.4, -0.2) is 88.5 Å². The Kier molecular flexibility index (Phi) is 8.60. The number of benzene rings is 2. The molecule has 0 bridgehead atoms. The summed E-state index contributed by atoms with van der Waals surface area (Å²) < 4.78 is 41.3. The van der Waals surface area contributed by atoms with E-state index in [1.165, 1.54) is 4.57 Å². The highest BCUT2D eigenvalue weighted by molar-refractivity contribution is 5.77. The fourth-order valence-corrected chi connectivity index (χ4v) is 4.77. The van der Waals surface area contributed by atoms with Crippen LogP contribution in [-0.2, 0) is 11.2 Å². The second-order valence-electron chi connectivity index (χ2n) is 10.9. The van der Waals surface area contributed by atoms with Gasteiger partial charge < -0.3 is 24.6 Å². The number of hydrogen-bond donors (Lipinski definition) is 1. The largest absolute Gasteiger partial charge is 0.492 e. The van der Waals surface area contributed by atoms with Crippen LogP contribution in [0.3, 0.4) is 0 Å². The maximum atomic E-state index is 14.2. The molecule has 4 aromatic rings. The van der Waals surface area contributed by atoms with E-state index < -0.39 is 17.8 Å². The molecule has 5 rings (SSSR count). The Bertz CT molecular complexity index is 1470. The van der Waals surface area contributed by atoms with E-state index >= 15 is 0 Å². The van der Waals surface area contributed by atoms with Crippen LogP contribution in [0.1, 0.15) is 31.7 Å². The number of morpholine rings is 1. The first-order valence-electron chi connectivity index (χ1n) is 13.7. The maximum Gasteiger partial charge on any atom is 0.296 e. The topological polar surface area (TPSA) is 93.5 Å². The lowest BCUT2D eigenvalue weighted by Crippen LogP contribution is -2.39. The number of alkyl halides is 2. The van der Waals surface area contributed by atoms with Gasteiger partial charge in [0.05, 0.1) is 24.2 Å².